The first kappa shape index (κ1) is 23.1. The average Bonchev–Trinajstić information content (AvgIpc) is 3.53. The Kier molecular flexibility index (Phi) is 5.76. The minimum absolute atomic E-state index is 0.288. The van der Waals surface area contributed by atoms with E-state index in [1.165, 1.54) is 6.07 Å². The smallest absolute Gasteiger partial charge is 0.161 e. The Balaban J connectivity index is 1.43. The van der Waals surface area contributed by atoms with Crippen LogP contribution in [0.25, 0.3) is 21.8 Å². The fourth-order valence-electron chi connectivity index (χ4n) is 5.30. The second-order valence-electron chi connectivity index (χ2n) is 9.94. The maximum atomic E-state index is 14.8. The zero-order valence-corrected chi connectivity index (χ0v) is 21.1. The minimum atomic E-state index is -0.385. The summed E-state index contributed by atoms with van der Waals surface area (Å²) in [5, 5.41) is 18.0. The summed E-state index contributed by atoms with van der Waals surface area (Å²) < 4.78 is 24.0. The summed E-state index contributed by atoms with van der Waals surface area (Å²) in [5.74, 6) is 0.594. The Labute approximate surface area is 213 Å². The van der Waals surface area contributed by atoms with Gasteiger partial charge in [-0.3, -0.25) is 9.36 Å². The molecule has 0 radical (unpaired) electrons. The number of piperazine rings is 1. The lowest BCUT2D eigenvalue weighted by atomic mass is 10.1. The second kappa shape index (κ2) is 8.97. The van der Waals surface area contributed by atoms with Crippen molar-refractivity contribution in [2.45, 2.75) is 25.9 Å². The fourth-order valence-corrected chi connectivity index (χ4v) is 5.60. The molecule has 0 amide bonds. The van der Waals surface area contributed by atoms with Gasteiger partial charge in [0.25, 0.3) is 0 Å². The molecule has 0 saturated carbocycles. The number of nitrogens with zero attached hydrogens (tertiary/aromatic N) is 5. The molecule has 2 fully saturated rings. The van der Waals surface area contributed by atoms with Crippen molar-refractivity contribution in [3.05, 3.63) is 53.6 Å². The van der Waals surface area contributed by atoms with Crippen LogP contribution in [0.3, 0.4) is 0 Å². The van der Waals surface area contributed by atoms with Crippen molar-refractivity contribution < 1.29 is 9.13 Å². The Morgan fingerprint density at radius 3 is 2.92 bits per heavy atom. The molecular formula is C26H29ClFN7O. The number of halogens is 2. The molecule has 2 aromatic heterocycles. The van der Waals surface area contributed by atoms with Gasteiger partial charge in [0, 0.05) is 67.4 Å². The minimum Gasteiger partial charge on any atom is -0.383 e. The van der Waals surface area contributed by atoms with Crippen molar-refractivity contribution in [2.24, 2.45) is 13.0 Å². The number of aryl methyl sites for hydroxylation is 1. The van der Waals surface area contributed by atoms with Crippen molar-refractivity contribution in [1.29, 1.82) is 0 Å². The maximum Gasteiger partial charge on any atom is 0.161 e. The highest BCUT2D eigenvalue weighted by atomic mass is 35.5. The molecule has 2 aliphatic heterocycles. The van der Waals surface area contributed by atoms with Gasteiger partial charge in [-0.1, -0.05) is 18.2 Å². The lowest BCUT2D eigenvalue weighted by Crippen LogP contribution is -2.47. The van der Waals surface area contributed by atoms with Gasteiger partial charge in [0.2, 0.25) is 0 Å². The van der Waals surface area contributed by atoms with Crippen LogP contribution in [-0.2, 0) is 18.3 Å². The fraction of sp³-hybridized carbons (Fsp3) is 0.385. The van der Waals surface area contributed by atoms with Crippen molar-refractivity contribution in [3.63, 3.8) is 0 Å². The van der Waals surface area contributed by atoms with Gasteiger partial charge >= 0.3 is 0 Å². The molecule has 1 unspecified atom stereocenters. The maximum absolute atomic E-state index is 14.8. The second-order valence-corrected chi connectivity index (χ2v) is 10.3. The number of fused-ring (bicyclic) bond motifs is 2. The molecular weight excluding hydrogens is 481 g/mol. The summed E-state index contributed by atoms with van der Waals surface area (Å²) in [6.07, 6.45) is 2.79. The number of ether oxygens (including phenoxy) is 1. The Bertz CT molecular complexity index is 1470. The monoisotopic (exact) mass is 509 g/mol. The lowest BCUT2D eigenvalue weighted by Gasteiger charge is -2.35. The summed E-state index contributed by atoms with van der Waals surface area (Å²) in [4.78, 5) is 2.28. The molecule has 188 valence electrons. The first-order valence-corrected chi connectivity index (χ1v) is 12.6. The van der Waals surface area contributed by atoms with E-state index in [1.807, 2.05) is 16.8 Å². The van der Waals surface area contributed by atoms with E-state index >= 15 is 0 Å². The molecule has 0 aliphatic carbocycles. The van der Waals surface area contributed by atoms with Crippen LogP contribution < -0.4 is 15.5 Å². The highest BCUT2D eigenvalue weighted by Gasteiger charge is 2.24. The SMILES string of the molecule is C=C1CN(c2cc(Cl)c3c(Nc4cc(F)c5nn(C)cc5c4)nn(CC4CCOC4)c3c2)C[C@H](C)N1. The Hall–Kier alpha value is -3.30. The van der Waals surface area contributed by atoms with Gasteiger partial charge < -0.3 is 20.3 Å². The number of rotatable bonds is 5. The predicted molar refractivity (Wildman–Crippen MR) is 142 cm³/mol. The predicted octanol–water partition coefficient (Wildman–Crippen LogP) is 4.81. The van der Waals surface area contributed by atoms with Gasteiger partial charge in [-0.2, -0.15) is 10.2 Å². The zero-order chi connectivity index (χ0) is 25.0. The quantitative estimate of drug-likeness (QED) is 0.402. The molecule has 36 heavy (non-hydrogen) atoms. The van der Waals surface area contributed by atoms with Gasteiger partial charge in [-0.25, -0.2) is 4.39 Å². The van der Waals surface area contributed by atoms with Crippen LogP contribution in [0.15, 0.2) is 42.7 Å². The third-order valence-electron chi connectivity index (χ3n) is 6.88. The molecule has 2 aromatic carbocycles. The van der Waals surface area contributed by atoms with E-state index in [0.29, 0.717) is 39.9 Å². The Morgan fingerprint density at radius 1 is 1.28 bits per heavy atom. The van der Waals surface area contributed by atoms with E-state index in [4.69, 9.17) is 21.4 Å². The first-order valence-electron chi connectivity index (χ1n) is 12.2. The van der Waals surface area contributed by atoms with Crippen LogP contribution in [0.5, 0.6) is 0 Å². The summed E-state index contributed by atoms with van der Waals surface area (Å²) in [7, 11) is 1.78. The van der Waals surface area contributed by atoms with E-state index < -0.39 is 0 Å². The average molecular weight is 510 g/mol. The van der Waals surface area contributed by atoms with Crippen LogP contribution >= 0.6 is 11.6 Å². The number of benzene rings is 2. The van der Waals surface area contributed by atoms with Gasteiger partial charge in [-0.15, -0.1) is 0 Å². The van der Waals surface area contributed by atoms with Crippen LogP contribution in [0.2, 0.25) is 5.02 Å². The van der Waals surface area contributed by atoms with E-state index in [9.17, 15) is 4.39 Å². The molecule has 0 bridgehead atoms. The number of aromatic nitrogens is 4. The topological polar surface area (TPSA) is 72.2 Å². The van der Waals surface area contributed by atoms with Crippen molar-refractivity contribution >= 4 is 50.6 Å². The highest BCUT2D eigenvalue weighted by molar-refractivity contribution is 6.37. The summed E-state index contributed by atoms with van der Waals surface area (Å²) in [6.45, 7) is 10.0. The van der Waals surface area contributed by atoms with Crippen molar-refractivity contribution in [3.8, 4) is 0 Å². The molecule has 2 atom stereocenters. The molecule has 10 heteroatoms. The highest BCUT2D eigenvalue weighted by Crippen LogP contribution is 2.37. The number of hydrogen-bond acceptors (Lipinski definition) is 6. The molecule has 0 spiro atoms. The largest absolute Gasteiger partial charge is 0.383 e. The molecule has 2 saturated heterocycles. The van der Waals surface area contributed by atoms with E-state index in [2.05, 4.69) is 40.2 Å². The molecule has 2 N–H and O–H groups in total. The molecule has 8 nitrogen and oxygen atoms in total. The van der Waals surface area contributed by atoms with Crippen LogP contribution in [-0.4, -0.2) is 51.9 Å². The molecule has 6 rings (SSSR count). The zero-order valence-electron chi connectivity index (χ0n) is 20.4. The third-order valence-corrected chi connectivity index (χ3v) is 7.17. The Morgan fingerprint density at radius 2 is 2.14 bits per heavy atom. The summed E-state index contributed by atoms with van der Waals surface area (Å²) in [6, 6.07) is 7.73. The summed E-state index contributed by atoms with van der Waals surface area (Å²) in [5.41, 5.74) is 3.88. The van der Waals surface area contributed by atoms with E-state index in [-0.39, 0.29) is 11.9 Å². The van der Waals surface area contributed by atoms with Gasteiger partial charge in [0.15, 0.2) is 11.6 Å². The van der Waals surface area contributed by atoms with Crippen molar-refractivity contribution in [2.75, 3.05) is 36.5 Å². The first-order chi connectivity index (χ1) is 17.3. The van der Waals surface area contributed by atoms with E-state index in [0.717, 1.165) is 55.0 Å². The van der Waals surface area contributed by atoms with Gasteiger partial charge in [-0.05, 0) is 37.6 Å². The standard InChI is InChI=1S/C26H29ClFN7O/c1-15-10-34(11-16(2)29-15)20-8-21(27)24-23(9-20)35(12-17-4-5-36-14-17)32-26(24)30-19-6-18-13-33(3)31-25(18)22(28)7-19/h6-9,13,16-17,29H,1,4-5,10-12,14H2,2-3H3,(H,30,32)/t16-,17?/m0/s1. The van der Waals surface area contributed by atoms with Crippen LogP contribution in [0.4, 0.5) is 21.6 Å². The van der Waals surface area contributed by atoms with Crippen LogP contribution in [0, 0.1) is 11.7 Å². The number of hydrogen-bond donors (Lipinski definition) is 2. The summed E-state index contributed by atoms with van der Waals surface area (Å²) >= 11 is 6.92. The van der Waals surface area contributed by atoms with Gasteiger partial charge in [0.1, 0.15) is 5.52 Å². The molecule has 2 aliphatic rings. The molecule has 4 heterocycles. The van der Waals surface area contributed by atoms with Crippen molar-refractivity contribution in [1.82, 2.24) is 24.9 Å². The lowest BCUT2D eigenvalue weighted by molar-refractivity contribution is 0.182. The van der Waals surface area contributed by atoms with E-state index in [1.54, 1.807) is 17.9 Å². The number of anilines is 3. The molecule has 4 aromatic rings. The normalized spacial score (nSPS) is 20.4. The third kappa shape index (κ3) is 4.26. The van der Waals surface area contributed by atoms with Crippen LogP contribution in [0.1, 0.15) is 13.3 Å². The number of nitrogens with one attached hydrogen (secondary N) is 2. The van der Waals surface area contributed by atoms with Gasteiger partial charge in [0.05, 0.1) is 29.1 Å².